The highest BCUT2D eigenvalue weighted by Crippen LogP contribution is 2.25. The van der Waals surface area contributed by atoms with E-state index in [1.165, 1.54) is 0 Å². The Bertz CT molecular complexity index is 1570. The molecule has 0 N–H and O–H groups in total. The van der Waals surface area contributed by atoms with Gasteiger partial charge in [-0.15, -0.1) is 0 Å². The first-order valence-electron chi connectivity index (χ1n) is 13.8. The molecular formula is C36H32O7S. The summed E-state index contributed by atoms with van der Waals surface area (Å²) in [4.78, 5) is 36.1. The number of thioether (sulfide) groups is 1. The maximum Gasteiger partial charge on any atom is 0.333 e. The van der Waals surface area contributed by atoms with E-state index in [-0.39, 0.29) is 24.1 Å². The first-order valence-corrected chi connectivity index (χ1v) is 14.6. The van der Waals surface area contributed by atoms with Crippen molar-refractivity contribution in [1.82, 2.24) is 0 Å². The second kappa shape index (κ2) is 18.4. The minimum atomic E-state index is -0.399. The lowest BCUT2D eigenvalue weighted by atomic mass is 10.1. The van der Waals surface area contributed by atoms with Crippen molar-refractivity contribution in [2.45, 2.75) is 31.1 Å². The summed E-state index contributed by atoms with van der Waals surface area (Å²) in [6, 6.07) is 21.6. The van der Waals surface area contributed by atoms with Gasteiger partial charge in [0, 0.05) is 40.0 Å². The summed E-state index contributed by atoms with van der Waals surface area (Å²) in [6.07, 6.45) is 2.47. The van der Waals surface area contributed by atoms with Crippen molar-refractivity contribution in [3.05, 3.63) is 114 Å². The van der Waals surface area contributed by atoms with Gasteiger partial charge in [0.25, 0.3) is 0 Å². The molecule has 0 spiro atoms. The van der Waals surface area contributed by atoms with Gasteiger partial charge in [0.05, 0.1) is 26.1 Å². The molecule has 0 radical (unpaired) electrons. The van der Waals surface area contributed by atoms with Crippen LogP contribution in [0.1, 0.15) is 47.7 Å². The monoisotopic (exact) mass is 608 g/mol. The van der Waals surface area contributed by atoms with Gasteiger partial charge in [-0.2, -0.15) is 0 Å². The summed E-state index contributed by atoms with van der Waals surface area (Å²) in [7, 11) is 0. The fourth-order valence-corrected chi connectivity index (χ4v) is 4.14. The maximum absolute atomic E-state index is 12.7. The number of carbonyl (C=O) groups excluding carboxylic acids is 3. The summed E-state index contributed by atoms with van der Waals surface area (Å²) in [5.41, 5.74) is 2.48. The third-order valence-corrected chi connectivity index (χ3v) is 6.56. The smallest absolute Gasteiger partial charge is 0.333 e. The molecule has 3 aromatic carbocycles. The molecule has 0 saturated carbocycles. The van der Waals surface area contributed by atoms with Crippen LogP contribution in [-0.2, 0) is 19.1 Å². The van der Waals surface area contributed by atoms with Crippen molar-refractivity contribution in [3.8, 4) is 35.2 Å². The fraction of sp³-hybridized carbons (Fsp3) is 0.194. The molecule has 0 saturated heterocycles. The molecule has 3 aromatic rings. The molecular weight excluding hydrogens is 576 g/mol. The average Bonchev–Trinajstić information content (AvgIpc) is 3.03. The number of hydrogen-bond acceptors (Lipinski definition) is 8. The van der Waals surface area contributed by atoms with Gasteiger partial charge in [0.15, 0.2) is 0 Å². The first-order chi connectivity index (χ1) is 21.3. The molecule has 0 unspecified atom stereocenters. The number of benzene rings is 3. The maximum atomic E-state index is 12.7. The Labute approximate surface area is 262 Å². The number of ether oxygens (including phenoxy) is 4. The highest BCUT2D eigenvalue weighted by Gasteiger charge is 2.09. The third kappa shape index (κ3) is 12.4. The van der Waals surface area contributed by atoms with Gasteiger partial charge in [0.2, 0.25) is 5.12 Å². The standard InChI is InChI=1S/C36H32O7S/c1-4-40-34(37)11-7-24-41-32-20-22-33(23-21-32)44-36(39)30-16-12-28(13-17-30)9-5-6-10-29-14-18-31(19-15-29)42-25-8-26-43-35(38)27(2)3/h4,12-23H,1-2,7-8,11,24-26H2,3H3. The second-order valence-electron chi connectivity index (χ2n) is 9.19. The molecule has 0 aromatic heterocycles. The molecule has 0 aliphatic rings. The van der Waals surface area contributed by atoms with Gasteiger partial charge in [-0.1, -0.05) is 25.0 Å². The Hall–Kier alpha value is -5.18. The van der Waals surface area contributed by atoms with Crippen LogP contribution in [0, 0.1) is 23.7 Å². The molecule has 0 atom stereocenters. The van der Waals surface area contributed by atoms with Gasteiger partial charge in [-0.3, -0.25) is 9.59 Å². The largest absolute Gasteiger partial charge is 0.494 e. The van der Waals surface area contributed by atoms with E-state index in [2.05, 4.69) is 41.6 Å². The average molecular weight is 609 g/mol. The zero-order valence-corrected chi connectivity index (χ0v) is 25.2. The molecule has 8 heteroatoms. The van der Waals surface area contributed by atoms with E-state index in [4.69, 9.17) is 14.2 Å². The third-order valence-electron chi connectivity index (χ3n) is 5.63. The Morgan fingerprint density at radius 2 is 1.32 bits per heavy atom. The molecule has 0 aliphatic heterocycles. The lowest BCUT2D eigenvalue weighted by Gasteiger charge is -2.07. The minimum absolute atomic E-state index is 0.0858. The molecule has 0 amide bonds. The van der Waals surface area contributed by atoms with Crippen molar-refractivity contribution in [3.63, 3.8) is 0 Å². The van der Waals surface area contributed by atoms with Gasteiger partial charge < -0.3 is 18.9 Å². The van der Waals surface area contributed by atoms with Crippen molar-refractivity contribution >= 4 is 28.8 Å². The van der Waals surface area contributed by atoms with Crippen LogP contribution in [-0.4, -0.2) is 36.9 Å². The van der Waals surface area contributed by atoms with Crippen LogP contribution in [0.4, 0.5) is 0 Å². The summed E-state index contributed by atoms with van der Waals surface area (Å²) >= 11 is 1.12. The van der Waals surface area contributed by atoms with Crippen molar-refractivity contribution in [2.24, 2.45) is 0 Å². The van der Waals surface area contributed by atoms with Crippen LogP contribution in [0.25, 0.3) is 0 Å². The first kappa shape index (κ1) is 33.3. The number of rotatable bonds is 14. The number of esters is 2. The van der Waals surface area contributed by atoms with Crippen LogP contribution >= 0.6 is 11.8 Å². The Kier molecular flexibility index (Phi) is 13.9. The van der Waals surface area contributed by atoms with Gasteiger partial charge in [0.1, 0.15) is 11.5 Å². The SMILES string of the molecule is C=COC(=O)CCCOc1ccc(SC(=O)c2ccc(C#CC#Cc3ccc(OCCCOC(=O)C(=C)C)cc3)cc2)cc1. The van der Waals surface area contributed by atoms with Gasteiger partial charge in [-0.25, -0.2) is 4.79 Å². The zero-order valence-electron chi connectivity index (χ0n) is 24.4. The molecule has 44 heavy (non-hydrogen) atoms. The lowest BCUT2D eigenvalue weighted by molar-refractivity contribution is -0.139. The van der Waals surface area contributed by atoms with Crippen molar-refractivity contribution in [2.75, 3.05) is 19.8 Å². The summed E-state index contributed by atoms with van der Waals surface area (Å²) < 4.78 is 21.0. The van der Waals surface area contributed by atoms with Crippen LogP contribution in [0.3, 0.4) is 0 Å². The van der Waals surface area contributed by atoms with E-state index in [1.54, 1.807) is 43.3 Å². The lowest BCUT2D eigenvalue weighted by Crippen LogP contribution is -2.09. The van der Waals surface area contributed by atoms with Crippen LogP contribution < -0.4 is 9.47 Å². The summed E-state index contributed by atoms with van der Waals surface area (Å²) in [5, 5.41) is -0.0858. The zero-order chi connectivity index (χ0) is 31.6. The topological polar surface area (TPSA) is 88.1 Å². The van der Waals surface area contributed by atoms with Crippen molar-refractivity contribution < 1.29 is 33.3 Å². The molecule has 224 valence electrons. The fourth-order valence-electron chi connectivity index (χ4n) is 3.40. The van der Waals surface area contributed by atoms with E-state index in [1.807, 2.05) is 36.4 Å². The van der Waals surface area contributed by atoms with E-state index in [0.29, 0.717) is 48.7 Å². The minimum Gasteiger partial charge on any atom is -0.494 e. The normalized spacial score (nSPS) is 9.75. The van der Waals surface area contributed by atoms with Gasteiger partial charge >= 0.3 is 11.9 Å². The van der Waals surface area contributed by atoms with Crippen LogP contribution in [0.15, 0.2) is 103 Å². The van der Waals surface area contributed by atoms with E-state index < -0.39 is 5.97 Å². The predicted octanol–water partition coefficient (Wildman–Crippen LogP) is 6.76. The molecule has 0 aliphatic carbocycles. The number of hydrogen-bond donors (Lipinski definition) is 0. The quantitative estimate of drug-likeness (QED) is 0.0496. The Balaban J connectivity index is 1.40. The molecule has 0 bridgehead atoms. The Morgan fingerprint density at radius 1 is 0.773 bits per heavy atom. The summed E-state index contributed by atoms with van der Waals surface area (Å²) in [6.45, 7) is 9.56. The van der Waals surface area contributed by atoms with Crippen LogP contribution in [0.5, 0.6) is 11.5 Å². The highest BCUT2D eigenvalue weighted by atomic mass is 32.2. The van der Waals surface area contributed by atoms with Gasteiger partial charge in [-0.05, 0) is 110 Å². The van der Waals surface area contributed by atoms with E-state index in [9.17, 15) is 14.4 Å². The predicted molar refractivity (Wildman–Crippen MR) is 170 cm³/mol. The number of carbonyl (C=O) groups is 3. The van der Waals surface area contributed by atoms with E-state index in [0.717, 1.165) is 34.0 Å². The van der Waals surface area contributed by atoms with E-state index >= 15 is 0 Å². The van der Waals surface area contributed by atoms with Crippen LogP contribution in [0.2, 0.25) is 0 Å². The Morgan fingerprint density at radius 3 is 1.89 bits per heavy atom. The summed E-state index contributed by atoms with van der Waals surface area (Å²) in [5.74, 6) is 12.3. The second-order valence-corrected chi connectivity index (χ2v) is 10.2. The molecule has 0 fully saturated rings. The van der Waals surface area contributed by atoms with Crippen molar-refractivity contribution in [1.29, 1.82) is 0 Å². The molecule has 0 heterocycles. The molecule has 3 rings (SSSR count). The highest BCUT2D eigenvalue weighted by molar-refractivity contribution is 8.14. The molecule has 7 nitrogen and oxygen atoms in total.